The maximum absolute atomic E-state index is 6.04. The summed E-state index contributed by atoms with van der Waals surface area (Å²) < 4.78 is 7.97. The topological polar surface area (TPSA) is 62.6 Å². The van der Waals surface area contributed by atoms with Crippen molar-refractivity contribution in [2.24, 2.45) is 7.05 Å². The van der Waals surface area contributed by atoms with Crippen LogP contribution < -0.4 is 9.80 Å². The number of benzene rings is 1. The third-order valence-electron chi connectivity index (χ3n) is 6.53. The van der Waals surface area contributed by atoms with Crippen molar-refractivity contribution >= 4 is 22.7 Å². The molecule has 5 rings (SSSR count). The van der Waals surface area contributed by atoms with Gasteiger partial charge in [0.1, 0.15) is 12.9 Å². The van der Waals surface area contributed by atoms with Crippen LogP contribution in [0.15, 0.2) is 43.0 Å². The summed E-state index contributed by atoms with van der Waals surface area (Å²) in [7, 11) is 1.96. The van der Waals surface area contributed by atoms with E-state index >= 15 is 0 Å². The minimum absolute atomic E-state index is 0.256. The Morgan fingerprint density at radius 3 is 2.48 bits per heavy atom. The van der Waals surface area contributed by atoms with E-state index in [0.717, 1.165) is 75.6 Å². The Hall–Kier alpha value is -3.15. The van der Waals surface area contributed by atoms with Crippen LogP contribution in [0, 0.1) is 11.8 Å². The molecule has 0 amide bonds. The number of anilines is 2. The molecular weight excluding hydrogens is 414 g/mol. The van der Waals surface area contributed by atoms with Gasteiger partial charge in [0.15, 0.2) is 17.0 Å². The minimum atomic E-state index is 0.256. The van der Waals surface area contributed by atoms with E-state index in [1.54, 1.807) is 12.7 Å². The fraction of sp³-hybridized carbons (Fsp3) is 0.480. The van der Waals surface area contributed by atoms with E-state index in [-0.39, 0.29) is 6.10 Å². The Morgan fingerprint density at radius 1 is 0.909 bits per heavy atom. The van der Waals surface area contributed by atoms with Crippen molar-refractivity contribution in [1.82, 2.24) is 24.4 Å². The molecule has 0 N–H and O–H groups in total. The second-order valence-corrected chi connectivity index (χ2v) is 8.67. The molecule has 0 unspecified atom stereocenters. The van der Waals surface area contributed by atoms with Gasteiger partial charge in [-0.15, -0.1) is 0 Å². The van der Waals surface area contributed by atoms with E-state index in [4.69, 9.17) is 4.74 Å². The van der Waals surface area contributed by atoms with Crippen LogP contribution in [-0.2, 0) is 11.8 Å². The van der Waals surface area contributed by atoms with Crippen molar-refractivity contribution in [2.75, 3.05) is 62.2 Å². The molecule has 0 aliphatic carbocycles. The zero-order valence-corrected chi connectivity index (χ0v) is 19.2. The van der Waals surface area contributed by atoms with Gasteiger partial charge in [-0.05, 0) is 25.0 Å². The van der Waals surface area contributed by atoms with E-state index in [1.165, 1.54) is 5.69 Å². The Labute approximate surface area is 195 Å². The van der Waals surface area contributed by atoms with E-state index in [9.17, 15) is 0 Å². The maximum atomic E-state index is 6.04. The molecule has 0 bridgehead atoms. The van der Waals surface area contributed by atoms with Crippen LogP contribution in [0.25, 0.3) is 11.2 Å². The molecule has 2 fully saturated rings. The molecule has 0 spiro atoms. The van der Waals surface area contributed by atoms with E-state index < -0.39 is 0 Å². The number of nitrogens with zero attached hydrogens (tertiary/aromatic N) is 7. The first-order chi connectivity index (χ1) is 16.3. The van der Waals surface area contributed by atoms with Crippen LogP contribution in [0.5, 0.6) is 0 Å². The third kappa shape index (κ3) is 5.10. The fourth-order valence-corrected chi connectivity index (χ4v) is 4.58. The normalized spacial score (nSPS) is 17.8. The number of para-hydroxylation sites is 1. The molecule has 3 aromatic rings. The average Bonchev–Trinajstić information content (AvgIpc) is 3.26. The number of aryl methyl sites for hydroxylation is 1. The van der Waals surface area contributed by atoms with Crippen molar-refractivity contribution in [3.8, 4) is 11.8 Å². The number of rotatable bonds is 5. The monoisotopic (exact) mass is 445 g/mol. The Balaban J connectivity index is 1.02. The number of fused-ring (bicyclic) bond motifs is 1. The molecule has 4 heterocycles. The lowest BCUT2D eigenvalue weighted by molar-refractivity contribution is 0.0594. The molecule has 0 radical (unpaired) electrons. The van der Waals surface area contributed by atoms with Crippen LogP contribution in [0.3, 0.4) is 0 Å². The summed E-state index contributed by atoms with van der Waals surface area (Å²) in [5.74, 6) is 7.44. The van der Waals surface area contributed by atoms with Gasteiger partial charge in [-0.3, -0.25) is 4.90 Å². The van der Waals surface area contributed by atoms with Crippen molar-refractivity contribution in [3.05, 3.63) is 43.0 Å². The number of imidazole rings is 1. The van der Waals surface area contributed by atoms with Gasteiger partial charge < -0.3 is 19.1 Å². The molecule has 2 saturated heterocycles. The van der Waals surface area contributed by atoms with Crippen LogP contribution in [-0.4, -0.2) is 82.9 Å². The molecular formula is C25H31N7O. The van der Waals surface area contributed by atoms with Crippen molar-refractivity contribution < 1.29 is 4.74 Å². The zero-order chi connectivity index (χ0) is 22.5. The Morgan fingerprint density at radius 2 is 1.70 bits per heavy atom. The van der Waals surface area contributed by atoms with Gasteiger partial charge in [0.25, 0.3) is 0 Å². The maximum Gasteiger partial charge on any atom is 0.165 e. The highest BCUT2D eigenvalue weighted by molar-refractivity contribution is 5.83. The number of piperazine rings is 1. The summed E-state index contributed by atoms with van der Waals surface area (Å²) in [5.41, 5.74) is 3.05. The van der Waals surface area contributed by atoms with Crippen molar-refractivity contribution in [1.29, 1.82) is 0 Å². The van der Waals surface area contributed by atoms with Gasteiger partial charge in [0, 0.05) is 52.0 Å². The second kappa shape index (κ2) is 10.2. The zero-order valence-electron chi connectivity index (χ0n) is 19.2. The third-order valence-corrected chi connectivity index (χ3v) is 6.53. The van der Waals surface area contributed by atoms with Crippen LogP contribution in [0.2, 0.25) is 0 Å². The van der Waals surface area contributed by atoms with Crippen molar-refractivity contribution in [2.45, 2.75) is 18.9 Å². The van der Waals surface area contributed by atoms with Crippen LogP contribution >= 0.6 is 0 Å². The Bertz CT molecular complexity index is 1100. The lowest BCUT2D eigenvalue weighted by Gasteiger charge is -2.35. The molecule has 1 aromatic carbocycles. The summed E-state index contributed by atoms with van der Waals surface area (Å²) in [6.07, 6.45) is 5.62. The molecule has 2 aliphatic heterocycles. The SMILES string of the molecule is Cn1cnc2c(N3CCC(OCC#CCN4CCN(c5ccccc5)CC4)CC3)ncnc21. The molecule has 2 aliphatic rings. The van der Waals surface area contributed by atoms with Gasteiger partial charge in [-0.25, -0.2) is 15.0 Å². The first-order valence-corrected chi connectivity index (χ1v) is 11.7. The molecule has 172 valence electrons. The molecule has 8 heteroatoms. The molecule has 0 saturated carbocycles. The van der Waals surface area contributed by atoms with Gasteiger partial charge in [-0.2, -0.15) is 0 Å². The van der Waals surface area contributed by atoms with E-state index in [1.807, 2.05) is 11.6 Å². The quantitative estimate of drug-likeness (QED) is 0.558. The lowest BCUT2D eigenvalue weighted by atomic mass is 10.1. The number of ether oxygens (including phenoxy) is 1. The van der Waals surface area contributed by atoms with E-state index in [0.29, 0.717) is 6.61 Å². The summed E-state index contributed by atoms with van der Waals surface area (Å²) in [6.45, 7) is 7.35. The predicted octanol–water partition coefficient (Wildman–Crippen LogP) is 2.17. The van der Waals surface area contributed by atoms with Crippen molar-refractivity contribution in [3.63, 3.8) is 0 Å². The average molecular weight is 446 g/mol. The number of piperidine rings is 1. The standard InChI is InChI=1S/C25H31N7O/c1-29-20-28-23-24(29)26-19-27-25(23)32-12-9-22(10-13-32)33-18-6-5-11-30-14-16-31(17-15-30)21-7-3-2-4-8-21/h2-4,7-8,19-20,22H,9-18H2,1H3. The number of hydrogen-bond acceptors (Lipinski definition) is 7. The summed E-state index contributed by atoms with van der Waals surface area (Å²) >= 11 is 0. The highest BCUT2D eigenvalue weighted by Crippen LogP contribution is 2.25. The van der Waals surface area contributed by atoms with Gasteiger partial charge in [-0.1, -0.05) is 30.0 Å². The molecule has 33 heavy (non-hydrogen) atoms. The van der Waals surface area contributed by atoms with Gasteiger partial charge in [0.05, 0.1) is 19.0 Å². The van der Waals surface area contributed by atoms with Crippen LogP contribution in [0.4, 0.5) is 11.5 Å². The minimum Gasteiger partial charge on any atom is -0.369 e. The smallest absolute Gasteiger partial charge is 0.165 e. The molecule has 2 aromatic heterocycles. The fourth-order valence-electron chi connectivity index (χ4n) is 4.58. The first kappa shape index (κ1) is 21.7. The second-order valence-electron chi connectivity index (χ2n) is 8.67. The van der Waals surface area contributed by atoms with Gasteiger partial charge in [0.2, 0.25) is 0 Å². The molecule has 8 nitrogen and oxygen atoms in total. The summed E-state index contributed by atoms with van der Waals surface area (Å²) in [6, 6.07) is 10.6. The molecule has 0 atom stereocenters. The Kier molecular flexibility index (Phi) is 6.70. The summed E-state index contributed by atoms with van der Waals surface area (Å²) in [4.78, 5) is 20.5. The number of hydrogen-bond donors (Lipinski definition) is 0. The first-order valence-electron chi connectivity index (χ1n) is 11.7. The largest absolute Gasteiger partial charge is 0.369 e. The van der Waals surface area contributed by atoms with E-state index in [2.05, 4.69) is 71.8 Å². The predicted molar refractivity (Wildman–Crippen MR) is 130 cm³/mol. The highest BCUT2D eigenvalue weighted by Gasteiger charge is 2.23. The summed E-state index contributed by atoms with van der Waals surface area (Å²) in [5, 5.41) is 0. The van der Waals surface area contributed by atoms with Gasteiger partial charge >= 0.3 is 0 Å². The highest BCUT2D eigenvalue weighted by atomic mass is 16.5. The lowest BCUT2D eigenvalue weighted by Crippen LogP contribution is -2.46. The number of aromatic nitrogens is 4. The van der Waals surface area contributed by atoms with Crippen LogP contribution in [0.1, 0.15) is 12.8 Å².